The molecule has 1 amide bonds. The van der Waals surface area contributed by atoms with Crippen LogP contribution in [0.2, 0.25) is 5.02 Å². The van der Waals surface area contributed by atoms with Crippen LogP contribution in [0.15, 0.2) is 42.1 Å². The van der Waals surface area contributed by atoms with Gasteiger partial charge in [0, 0.05) is 10.6 Å². The summed E-state index contributed by atoms with van der Waals surface area (Å²) in [6, 6.07) is 10.3. The van der Waals surface area contributed by atoms with E-state index in [4.69, 9.17) is 21.1 Å². The van der Waals surface area contributed by atoms with E-state index in [1.807, 2.05) is 13.8 Å². The number of carbonyl (C=O) groups excluding carboxylic acids is 1. The molecule has 0 aliphatic rings. The molecule has 7 heteroatoms. The Bertz CT molecular complexity index is 869. The molecule has 2 rings (SSSR count). The van der Waals surface area contributed by atoms with Crippen molar-refractivity contribution in [3.8, 4) is 11.5 Å². The summed E-state index contributed by atoms with van der Waals surface area (Å²) in [5, 5.41) is 12.3. The number of hydrogen-bond acceptors (Lipinski definition) is 4. The first-order chi connectivity index (χ1) is 12.8. The molecule has 142 valence electrons. The highest BCUT2D eigenvalue weighted by molar-refractivity contribution is 6.32. The summed E-state index contributed by atoms with van der Waals surface area (Å²) in [4.78, 5) is 23.6. The van der Waals surface area contributed by atoms with Gasteiger partial charge in [0.25, 0.3) is 5.91 Å². The summed E-state index contributed by atoms with van der Waals surface area (Å²) in [5.41, 5.74) is 1.91. The number of methoxy groups -OCH3 is 1. The number of aliphatic carboxylic acids is 1. The molecule has 0 atom stereocenters. The maximum Gasteiger partial charge on any atom is 0.352 e. The van der Waals surface area contributed by atoms with E-state index in [2.05, 4.69) is 5.32 Å². The third-order valence-corrected chi connectivity index (χ3v) is 4.32. The molecule has 0 saturated carbocycles. The standard InChI is InChI=1S/C20H20ClNO5/c1-12-8-15(9-13(2)19(12)21)27-11-18(23)22-16(20(24)25)10-14-6-4-5-7-17(14)26-3/h4-10H,11H2,1-3H3,(H,22,23)(H,24,25)/b16-10+. The molecule has 0 fully saturated rings. The monoisotopic (exact) mass is 389 g/mol. The van der Waals surface area contributed by atoms with Gasteiger partial charge in [-0.1, -0.05) is 29.8 Å². The van der Waals surface area contributed by atoms with Crippen LogP contribution in [0.5, 0.6) is 11.5 Å². The number of nitrogens with one attached hydrogen (secondary N) is 1. The molecule has 0 aliphatic carbocycles. The molecule has 2 aromatic carbocycles. The number of carboxylic acids is 1. The van der Waals surface area contributed by atoms with Crippen LogP contribution in [0.3, 0.4) is 0 Å². The third-order valence-electron chi connectivity index (χ3n) is 3.72. The van der Waals surface area contributed by atoms with Crippen LogP contribution in [0.4, 0.5) is 0 Å². The van der Waals surface area contributed by atoms with Gasteiger partial charge < -0.3 is 19.9 Å². The van der Waals surface area contributed by atoms with Crippen molar-refractivity contribution in [2.45, 2.75) is 13.8 Å². The molecular formula is C20H20ClNO5. The van der Waals surface area contributed by atoms with Gasteiger partial charge in [0.2, 0.25) is 0 Å². The van der Waals surface area contributed by atoms with Crippen molar-refractivity contribution in [1.82, 2.24) is 5.32 Å². The Morgan fingerprint density at radius 1 is 1.19 bits per heavy atom. The number of aryl methyl sites for hydroxylation is 2. The van der Waals surface area contributed by atoms with Gasteiger partial charge in [0.15, 0.2) is 6.61 Å². The lowest BCUT2D eigenvalue weighted by Crippen LogP contribution is -2.31. The summed E-state index contributed by atoms with van der Waals surface area (Å²) >= 11 is 6.10. The summed E-state index contributed by atoms with van der Waals surface area (Å²) < 4.78 is 10.6. The van der Waals surface area contributed by atoms with E-state index in [1.165, 1.54) is 13.2 Å². The maximum absolute atomic E-state index is 12.1. The van der Waals surface area contributed by atoms with Gasteiger partial charge in [0.05, 0.1) is 7.11 Å². The minimum absolute atomic E-state index is 0.281. The number of para-hydroxylation sites is 1. The highest BCUT2D eigenvalue weighted by Crippen LogP contribution is 2.25. The van der Waals surface area contributed by atoms with Gasteiger partial charge in [-0.25, -0.2) is 4.79 Å². The molecule has 0 heterocycles. The molecule has 0 bridgehead atoms. The van der Waals surface area contributed by atoms with Crippen LogP contribution in [0.1, 0.15) is 16.7 Å². The fourth-order valence-corrected chi connectivity index (χ4v) is 2.53. The van der Waals surface area contributed by atoms with Gasteiger partial charge in [-0.15, -0.1) is 0 Å². The molecule has 27 heavy (non-hydrogen) atoms. The number of carboxylic acid groups (broad SMARTS) is 1. The van der Waals surface area contributed by atoms with Crippen molar-refractivity contribution in [2.75, 3.05) is 13.7 Å². The molecular weight excluding hydrogens is 370 g/mol. The highest BCUT2D eigenvalue weighted by atomic mass is 35.5. The summed E-state index contributed by atoms with van der Waals surface area (Å²) in [7, 11) is 1.48. The van der Waals surface area contributed by atoms with E-state index >= 15 is 0 Å². The average Bonchev–Trinajstić information content (AvgIpc) is 2.64. The molecule has 0 spiro atoms. The number of ether oxygens (including phenoxy) is 2. The Morgan fingerprint density at radius 3 is 2.41 bits per heavy atom. The first-order valence-electron chi connectivity index (χ1n) is 8.09. The molecule has 0 unspecified atom stereocenters. The molecule has 0 aromatic heterocycles. The zero-order valence-electron chi connectivity index (χ0n) is 15.2. The minimum Gasteiger partial charge on any atom is -0.496 e. The Morgan fingerprint density at radius 2 is 1.81 bits per heavy atom. The Hall–Kier alpha value is -2.99. The lowest BCUT2D eigenvalue weighted by Gasteiger charge is -2.11. The van der Waals surface area contributed by atoms with Crippen LogP contribution in [-0.2, 0) is 9.59 Å². The van der Waals surface area contributed by atoms with Gasteiger partial charge in [-0.05, 0) is 49.2 Å². The normalized spacial score (nSPS) is 11.0. The largest absolute Gasteiger partial charge is 0.496 e. The van der Waals surface area contributed by atoms with E-state index in [0.717, 1.165) is 11.1 Å². The summed E-state index contributed by atoms with van der Waals surface area (Å²) in [5.74, 6) is -0.889. The molecule has 0 aliphatic heterocycles. The number of halogens is 1. The number of rotatable bonds is 7. The second kappa shape index (κ2) is 9.09. The second-order valence-corrected chi connectivity index (χ2v) is 6.19. The van der Waals surface area contributed by atoms with Crippen molar-refractivity contribution in [3.63, 3.8) is 0 Å². The van der Waals surface area contributed by atoms with Crippen LogP contribution >= 0.6 is 11.6 Å². The molecule has 2 aromatic rings. The van der Waals surface area contributed by atoms with Gasteiger partial charge in [-0.2, -0.15) is 0 Å². The number of amides is 1. The van der Waals surface area contributed by atoms with Crippen molar-refractivity contribution in [2.24, 2.45) is 0 Å². The Balaban J connectivity index is 2.09. The minimum atomic E-state index is -1.27. The van der Waals surface area contributed by atoms with Crippen molar-refractivity contribution in [1.29, 1.82) is 0 Å². The fraction of sp³-hybridized carbons (Fsp3) is 0.200. The number of hydrogen-bond donors (Lipinski definition) is 2. The lowest BCUT2D eigenvalue weighted by molar-refractivity contribution is -0.134. The van der Waals surface area contributed by atoms with E-state index < -0.39 is 11.9 Å². The SMILES string of the molecule is COc1ccccc1/C=C(/NC(=O)COc1cc(C)c(Cl)c(C)c1)C(=O)O. The Kier molecular flexibility index (Phi) is 6.85. The van der Waals surface area contributed by atoms with Crippen molar-refractivity contribution >= 4 is 29.6 Å². The third kappa shape index (κ3) is 5.49. The molecule has 6 nitrogen and oxygen atoms in total. The van der Waals surface area contributed by atoms with Gasteiger partial charge in [0.1, 0.15) is 17.2 Å². The first kappa shape index (κ1) is 20.3. The van der Waals surface area contributed by atoms with Gasteiger partial charge >= 0.3 is 5.97 Å². The maximum atomic E-state index is 12.1. The predicted octanol–water partition coefficient (Wildman–Crippen LogP) is 3.59. The smallest absolute Gasteiger partial charge is 0.352 e. The molecule has 0 saturated heterocycles. The zero-order chi connectivity index (χ0) is 20.0. The van der Waals surface area contributed by atoms with Crippen LogP contribution in [0, 0.1) is 13.8 Å². The van der Waals surface area contributed by atoms with Crippen LogP contribution in [0.25, 0.3) is 6.08 Å². The van der Waals surface area contributed by atoms with E-state index in [1.54, 1.807) is 36.4 Å². The molecule has 0 radical (unpaired) electrons. The topological polar surface area (TPSA) is 84.9 Å². The molecule has 2 N–H and O–H groups in total. The lowest BCUT2D eigenvalue weighted by atomic mass is 10.1. The zero-order valence-corrected chi connectivity index (χ0v) is 16.0. The summed E-state index contributed by atoms with van der Waals surface area (Å²) in [6.07, 6.45) is 1.33. The van der Waals surface area contributed by atoms with E-state index in [0.29, 0.717) is 22.1 Å². The predicted molar refractivity (Wildman–Crippen MR) is 103 cm³/mol. The number of carbonyl (C=O) groups is 2. The van der Waals surface area contributed by atoms with Crippen LogP contribution in [-0.4, -0.2) is 30.7 Å². The Labute approximate surface area is 162 Å². The highest BCUT2D eigenvalue weighted by Gasteiger charge is 2.14. The number of benzene rings is 2. The van der Waals surface area contributed by atoms with E-state index in [-0.39, 0.29) is 12.3 Å². The van der Waals surface area contributed by atoms with Crippen molar-refractivity contribution < 1.29 is 24.2 Å². The van der Waals surface area contributed by atoms with Gasteiger partial charge in [-0.3, -0.25) is 4.79 Å². The fourth-order valence-electron chi connectivity index (χ4n) is 2.42. The van der Waals surface area contributed by atoms with E-state index in [9.17, 15) is 14.7 Å². The van der Waals surface area contributed by atoms with Crippen molar-refractivity contribution in [3.05, 3.63) is 63.8 Å². The second-order valence-electron chi connectivity index (χ2n) is 5.81. The quantitative estimate of drug-likeness (QED) is 0.707. The average molecular weight is 390 g/mol. The summed E-state index contributed by atoms with van der Waals surface area (Å²) in [6.45, 7) is 3.33. The van der Waals surface area contributed by atoms with Crippen LogP contribution < -0.4 is 14.8 Å². The first-order valence-corrected chi connectivity index (χ1v) is 8.47.